The molecule has 1 fully saturated rings. The SMILES string of the molecule is Cc1cc(C)c2c(c1)C1(OCCO1)C(=O)N2CC#N. The lowest BCUT2D eigenvalue weighted by molar-refractivity contribution is -0.180. The zero-order valence-corrected chi connectivity index (χ0v) is 10.9. The van der Waals surface area contributed by atoms with Crippen molar-refractivity contribution in [3.63, 3.8) is 0 Å². The van der Waals surface area contributed by atoms with Gasteiger partial charge in [0.25, 0.3) is 11.7 Å². The standard InChI is InChI=1S/C14H14N2O3/c1-9-7-10(2)12-11(8-9)14(18-5-6-19-14)13(17)16(12)4-3-15/h7-8H,4-6H2,1-2H3. The normalized spacial score (nSPS) is 19.8. The first-order valence-electron chi connectivity index (χ1n) is 6.19. The number of nitrogens with zero attached hydrogens (tertiary/aromatic N) is 2. The van der Waals surface area contributed by atoms with Crippen molar-refractivity contribution in [1.29, 1.82) is 5.26 Å². The summed E-state index contributed by atoms with van der Waals surface area (Å²) in [6, 6.07) is 5.92. The molecule has 0 aliphatic carbocycles. The molecule has 1 aromatic rings. The molecule has 5 heteroatoms. The fraction of sp³-hybridized carbons (Fsp3) is 0.429. The molecule has 5 nitrogen and oxygen atoms in total. The number of rotatable bonds is 1. The molecule has 98 valence electrons. The summed E-state index contributed by atoms with van der Waals surface area (Å²) in [5.41, 5.74) is 3.47. The van der Waals surface area contributed by atoms with E-state index in [1.165, 1.54) is 4.90 Å². The minimum absolute atomic E-state index is 0.00417. The lowest BCUT2D eigenvalue weighted by atomic mass is 10.0. The number of hydrogen-bond acceptors (Lipinski definition) is 4. The van der Waals surface area contributed by atoms with E-state index in [1.807, 2.05) is 32.0 Å². The molecule has 0 unspecified atom stereocenters. The number of nitriles is 1. The molecule has 0 N–H and O–H groups in total. The molecule has 3 rings (SSSR count). The number of carbonyl (C=O) groups excluding carboxylic acids is 1. The molecule has 2 heterocycles. The Balaban J connectivity index is 2.24. The largest absolute Gasteiger partial charge is 0.336 e. The molecule has 0 bridgehead atoms. The van der Waals surface area contributed by atoms with Gasteiger partial charge >= 0.3 is 0 Å². The summed E-state index contributed by atoms with van der Waals surface area (Å²) in [5.74, 6) is -1.63. The maximum absolute atomic E-state index is 12.6. The molecule has 1 aromatic carbocycles. The average Bonchev–Trinajstić information content (AvgIpc) is 2.92. The molecular formula is C14H14N2O3. The zero-order chi connectivity index (χ0) is 13.6. The highest BCUT2D eigenvalue weighted by Crippen LogP contribution is 2.47. The number of aryl methyl sites for hydroxylation is 2. The number of carbonyl (C=O) groups is 1. The summed E-state index contributed by atoms with van der Waals surface area (Å²) in [7, 11) is 0. The van der Waals surface area contributed by atoms with Crippen LogP contribution in [0, 0.1) is 25.2 Å². The fourth-order valence-corrected chi connectivity index (χ4v) is 2.88. The molecule has 1 spiro atoms. The molecule has 2 aliphatic rings. The van der Waals surface area contributed by atoms with Gasteiger partial charge in [0.05, 0.1) is 25.0 Å². The first-order chi connectivity index (χ1) is 9.10. The Morgan fingerprint density at radius 2 is 2.05 bits per heavy atom. The smallest absolute Gasteiger partial charge is 0.293 e. The van der Waals surface area contributed by atoms with Crippen LogP contribution in [-0.2, 0) is 20.1 Å². The number of benzene rings is 1. The minimum atomic E-state index is -1.33. The first-order valence-corrected chi connectivity index (χ1v) is 6.19. The van der Waals surface area contributed by atoms with Gasteiger partial charge in [-0.25, -0.2) is 0 Å². The van der Waals surface area contributed by atoms with Gasteiger partial charge in [0.2, 0.25) is 0 Å². The van der Waals surface area contributed by atoms with E-state index >= 15 is 0 Å². The maximum Gasteiger partial charge on any atom is 0.293 e. The van der Waals surface area contributed by atoms with Crippen molar-refractivity contribution in [3.05, 3.63) is 28.8 Å². The second-order valence-electron chi connectivity index (χ2n) is 4.84. The van der Waals surface area contributed by atoms with Gasteiger partial charge in [0.15, 0.2) is 0 Å². The third kappa shape index (κ3) is 1.51. The van der Waals surface area contributed by atoms with Gasteiger partial charge in [-0.3, -0.25) is 9.69 Å². The van der Waals surface area contributed by atoms with Crippen molar-refractivity contribution in [2.45, 2.75) is 19.6 Å². The number of fused-ring (bicyclic) bond motifs is 2. The predicted octanol–water partition coefficient (Wildman–Crippen LogP) is 1.37. The topological polar surface area (TPSA) is 62.6 Å². The van der Waals surface area contributed by atoms with Crippen molar-refractivity contribution in [2.24, 2.45) is 0 Å². The lowest BCUT2D eigenvalue weighted by Crippen LogP contribution is -2.41. The van der Waals surface area contributed by atoms with Gasteiger partial charge in [0, 0.05) is 5.56 Å². The van der Waals surface area contributed by atoms with Crippen molar-refractivity contribution < 1.29 is 14.3 Å². The zero-order valence-electron chi connectivity index (χ0n) is 10.9. The number of amides is 1. The molecule has 1 amide bonds. The van der Waals surface area contributed by atoms with Crippen LogP contribution in [-0.4, -0.2) is 25.7 Å². The Morgan fingerprint density at radius 1 is 1.37 bits per heavy atom. The van der Waals surface area contributed by atoms with Crippen LogP contribution >= 0.6 is 0 Å². The quantitative estimate of drug-likeness (QED) is 0.714. The van der Waals surface area contributed by atoms with Crippen molar-refractivity contribution in [1.82, 2.24) is 0 Å². The van der Waals surface area contributed by atoms with E-state index in [0.29, 0.717) is 13.2 Å². The van der Waals surface area contributed by atoms with Crippen molar-refractivity contribution >= 4 is 11.6 Å². The van der Waals surface area contributed by atoms with Crippen LogP contribution in [0.4, 0.5) is 5.69 Å². The summed E-state index contributed by atoms with van der Waals surface area (Å²) in [4.78, 5) is 14.0. The van der Waals surface area contributed by atoms with E-state index in [2.05, 4.69) is 0 Å². The van der Waals surface area contributed by atoms with Gasteiger partial charge in [-0.2, -0.15) is 5.26 Å². The van der Waals surface area contributed by atoms with Gasteiger partial charge in [-0.15, -0.1) is 0 Å². The highest BCUT2D eigenvalue weighted by molar-refractivity contribution is 6.07. The monoisotopic (exact) mass is 258 g/mol. The molecule has 0 atom stereocenters. The summed E-state index contributed by atoms with van der Waals surface area (Å²) in [5, 5.41) is 8.92. The molecule has 1 saturated heterocycles. The van der Waals surface area contributed by atoms with E-state index in [1.54, 1.807) is 0 Å². The van der Waals surface area contributed by atoms with Crippen LogP contribution < -0.4 is 4.90 Å². The lowest BCUT2D eigenvalue weighted by Gasteiger charge is -2.20. The molecule has 19 heavy (non-hydrogen) atoms. The first kappa shape index (κ1) is 12.2. The van der Waals surface area contributed by atoms with E-state index in [-0.39, 0.29) is 12.5 Å². The summed E-state index contributed by atoms with van der Waals surface area (Å²) in [6.45, 7) is 4.67. The van der Waals surface area contributed by atoms with Crippen LogP contribution in [0.15, 0.2) is 12.1 Å². The molecule has 0 aromatic heterocycles. The number of ether oxygens (including phenoxy) is 2. The van der Waals surface area contributed by atoms with Gasteiger partial charge in [-0.1, -0.05) is 11.6 Å². The summed E-state index contributed by atoms with van der Waals surface area (Å²) < 4.78 is 11.2. The summed E-state index contributed by atoms with van der Waals surface area (Å²) in [6.07, 6.45) is 0. The molecular weight excluding hydrogens is 244 g/mol. The second-order valence-corrected chi connectivity index (χ2v) is 4.84. The van der Waals surface area contributed by atoms with Gasteiger partial charge in [-0.05, 0) is 25.5 Å². The Kier molecular flexibility index (Phi) is 2.59. The Bertz CT molecular complexity index is 597. The maximum atomic E-state index is 12.6. The summed E-state index contributed by atoms with van der Waals surface area (Å²) >= 11 is 0. The van der Waals surface area contributed by atoms with Crippen molar-refractivity contribution in [2.75, 3.05) is 24.7 Å². The predicted molar refractivity (Wildman–Crippen MR) is 67.5 cm³/mol. The highest BCUT2D eigenvalue weighted by atomic mass is 16.7. The second kappa shape index (κ2) is 4.05. The third-order valence-corrected chi connectivity index (χ3v) is 3.52. The van der Waals surface area contributed by atoms with Crippen LogP contribution in [0.1, 0.15) is 16.7 Å². The highest BCUT2D eigenvalue weighted by Gasteiger charge is 2.56. The van der Waals surface area contributed by atoms with E-state index in [9.17, 15) is 4.79 Å². The van der Waals surface area contributed by atoms with Crippen LogP contribution in [0.25, 0.3) is 0 Å². The molecule has 0 saturated carbocycles. The van der Waals surface area contributed by atoms with Crippen LogP contribution in [0.2, 0.25) is 0 Å². The third-order valence-electron chi connectivity index (χ3n) is 3.52. The molecule has 0 radical (unpaired) electrons. The minimum Gasteiger partial charge on any atom is -0.336 e. The Labute approximate surface area is 111 Å². The van der Waals surface area contributed by atoms with Crippen LogP contribution in [0.5, 0.6) is 0 Å². The number of hydrogen-bond donors (Lipinski definition) is 0. The van der Waals surface area contributed by atoms with Crippen LogP contribution in [0.3, 0.4) is 0 Å². The van der Waals surface area contributed by atoms with E-state index < -0.39 is 5.79 Å². The average molecular weight is 258 g/mol. The van der Waals surface area contributed by atoms with E-state index in [4.69, 9.17) is 14.7 Å². The van der Waals surface area contributed by atoms with Crippen molar-refractivity contribution in [3.8, 4) is 6.07 Å². The fourth-order valence-electron chi connectivity index (χ4n) is 2.88. The van der Waals surface area contributed by atoms with Gasteiger partial charge in [0.1, 0.15) is 6.54 Å². The Morgan fingerprint density at radius 3 is 2.68 bits per heavy atom. The molecule has 2 aliphatic heterocycles. The number of anilines is 1. The van der Waals surface area contributed by atoms with Gasteiger partial charge < -0.3 is 9.47 Å². The Hall–Kier alpha value is -1.90. The van der Waals surface area contributed by atoms with E-state index in [0.717, 1.165) is 22.4 Å².